The van der Waals surface area contributed by atoms with Crippen molar-refractivity contribution in [2.45, 2.75) is 74.5 Å². The molecular weight excluding hydrogens is 507 g/mol. The van der Waals surface area contributed by atoms with E-state index >= 15 is 0 Å². The fraction of sp³-hybridized carbons (Fsp3) is 0.552. The van der Waals surface area contributed by atoms with E-state index in [4.69, 9.17) is 24.8 Å². The minimum Gasteiger partial charge on any atom is -0.481 e. The number of aliphatic hydroxyl groups is 1. The zero-order valence-corrected chi connectivity index (χ0v) is 22.0. The topological polar surface area (TPSA) is 138 Å². The Kier molecular flexibility index (Phi) is 9.66. The van der Waals surface area contributed by atoms with Crippen molar-refractivity contribution in [1.82, 2.24) is 10.3 Å². The summed E-state index contributed by atoms with van der Waals surface area (Å²) in [7, 11) is 0. The van der Waals surface area contributed by atoms with Gasteiger partial charge in [-0.05, 0) is 74.8 Å². The molecule has 0 bridgehead atoms. The Bertz CT molecular complexity index is 1090. The number of pyridine rings is 1. The normalized spacial score (nSPS) is 22.9. The molecule has 1 aromatic heterocycles. The van der Waals surface area contributed by atoms with Crippen LogP contribution in [0, 0.1) is 5.82 Å². The van der Waals surface area contributed by atoms with Crippen molar-refractivity contribution in [3.8, 4) is 0 Å². The lowest BCUT2D eigenvalue weighted by Gasteiger charge is -2.49. The fourth-order valence-corrected chi connectivity index (χ4v) is 6.00. The summed E-state index contributed by atoms with van der Waals surface area (Å²) in [6.45, 7) is 3.18. The molecule has 4 N–H and O–H groups in total. The van der Waals surface area contributed by atoms with Gasteiger partial charge in [0, 0.05) is 37.0 Å². The van der Waals surface area contributed by atoms with E-state index < -0.39 is 24.5 Å². The molecule has 212 valence electrons. The van der Waals surface area contributed by atoms with Crippen molar-refractivity contribution in [2.75, 3.05) is 26.4 Å². The summed E-state index contributed by atoms with van der Waals surface area (Å²) in [5.74, 6) is -3.12. The number of nitrogens with zero attached hydrogens (tertiary/aromatic N) is 1. The van der Waals surface area contributed by atoms with Gasteiger partial charge in [-0.1, -0.05) is 24.3 Å². The van der Waals surface area contributed by atoms with Gasteiger partial charge in [0.25, 0.3) is 0 Å². The number of halogens is 1. The molecule has 0 saturated carbocycles. The average molecular weight is 545 g/mol. The lowest BCUT2D eigenvalue weighted by atomic mass is 9.66. The number of nitrogens with one attached hydrogen (secondary N) is 1. The fourth-order valence-electron chi connectivity index (χ4n) is 6.00. The standard InChI is InChI=1S/C25H31FN2O2.C4H6O5/c26-21-5-6-23(28-17-21)24(8-14-30-25(18-24)9-12-29-13-10-25)7-11-27-22-15-19-3-1-2-4-20(19)16-22;5-2(4(8)9)1-3(6)7/h1-6,17,22,27H,7-16,18H2;2,5H,1H2,(H,6,7)(H,8,9)/t24-;2-/m11/s1. The maximum Gasteiger partial charge on any atom is 0.333 e. The molecule has 2 aliphatic heterocycles. The van der Waals surface area contributed by atoms with Crippen LogP contribution in [0.3, 0.4) is 0 Å². The van der Waals surface area contributed by atoms with Gasteiger partial charge < -0.3 is 30.1 Å². The van der Waals surface area contributed by atoms with Crippen molar-refractivity contribution in [3.63, 3.8) is 0 Å². The van der Waals surface area contributed by atoms with E-state index in [1.165, 1.54) is 17.3 Å². The molecule has 1 spiro atoms. The van der Waals surface area contributed by atoms with Gasteiger partial charge in [-0.15, -0.1) is 0 Å². The van der Waals surface area contributed by atoms with Gasteiger partial charge >= 0.3 is 11.9 Å². The number of carbonyl (C=O) groups is 2. The molecule has 0 amide bonds. The highest BCUT2D eigenvalue weighted by molar-refractivity contribution is 5.79. The van der Waals surface area contributed by atoms with Gasteiger partial charge in [0.1, 0.15) is 5.82 Å². The first-order valence-corrected chi connectivity index (χ1v) is 13.5. The minimum absolute atomic E-state index is 0.0816. The number of aliphatic hydroxyl groups excluding tert-OH is 1. The third-order valence-electron chi connectivity index (χ3n) is 8.06. The first-order chi connectivity index (χ1) is 18.7. The summed E-state index contributed by atoms with van der Waals surface area (Å²) in [6, 6.07) is 12.7. The first-order valence-electron chi connectivity index (χ1n) is 13.5. The van der Waals surface area contributed by atoms with Gasteiger partial charge in [-0.3, -0.25) is 9.78 Å². The highest BCUT2D eigenvalue weighted by Crippen LogP contribution is 2.47. The number of hydrogen-bond acceptors (Lipinski definition) is 7. The predicted molar refractivity (Wildman–Crippen MR) is 140 cm³/mol. The molecule has 1 aromatic carbocycles. The zero-order chi connectivity index (χ0) is 27.9. The number of carboxylic acid groups (broad SMARTS) is 2. The van der Waals surface area contributed by atoms with Crippen molar-refractivity contribution in [2.24, 2.45) is 0 Å². The maximum atomic E-state index is 13.6. The van der Waals surface area contributed by atoms with Gasteiger partial charge in [-0.25, -0.2) is 9.18 Å². The van der Waals surface area contributed by atoms with E-state index in [2.05, 4.69) is 34.6 Å². The number of benzene rings is 1. The van der Waals surface area contributed by atoms with E-state index in [9.17, 15) is 14.0 Å². The number of fused-ring (bicyclic) bond motifs is 1. The molecule has 0 unspecified atom stereocenters. The van der Waals surface area contributed by atoms with Gasteiger partial charge in [0.15, 0.2) is 6.10 Å². The summed E-state index contributed by atoms with van der Waals surface area (Å²) in [5, 5.41) is 27.9. The number of carboxylic acids is 2. The highest BCUT2D eigenvalue weighted by atomic mass is 19.1. The van der Waals surface area contributed by atoms with Crippen LogP contribution in [0.25, 0.3) is 0 Å². The molecular formula is C29H37FN2O7. The van der Waals surface area contributed by atoms with Crippen LogP contribution in [-0.4, -0.2) is 76.4 Å². The minimum atomic E-state index is -1.79. The van der Waals surface area contributed by atoms with Crippen LogP contribution in [0.1, 0.15) is 55.3 Å². The molecule has 39 heavy (non-hydrogen) atoms. The Morgan fingerprint density at radius 1 is 1.05 bits per heavy atom. The molecule has 3 heterocycles. The lowest BCUT2D eigenvalue weighted by Crippen LogP contribution is -2.51. The lowest BCUT2D eigenvalue weighted by molar-refractivity contribution is -0.154. The van der Waals surface area contributed by atoms with E-state index in [1.54, 1.807) is 6.07 Å². The van der Waals surface area contributed by atoms with Crippen molar-refractivity contribution < 1.29 is 38.8 Å². The SMILES string of the molecule is Fc1ccc([C@]2(CCNC3Cc4ccccc4C3)CCOC3(CCOCC3)C2)nc1.O=C(O)C[C@@H](O)C(=O)O. The van der Waals surface area contributed by atoms with Crippen LogP contribution < -0.4 is 5.32 Å². The van der Waals surface area contributed by atoms with Crippen LogP contribution in [0.4, 0.5) is 4.39 Å². The molecule has 2 fully saturated rings. The van der Waals surface area contributed by atoms with Crippen LogP contribution in [0.15, 0.2) is 42.6 Å². The molecule has 1 aliphatic carbocycles. The summed E-state index contributed by atoms with van der Waals surface area (Å²) in [6.07, 6.45) is 5.75. The second kappa shape index (κ2) is 13.0. The molecule has 2 aromatic rings. The van der Waals surface area contributed by atoms with Crippen molar-refractivity contribution >= 4 is 11.9 Å². The Morgan fingerprint density at radius 3 is 2.31 bits per heavy atom. The van der Waals surface area contributed by atoms with Crippen LogP contribution in [-0.2, 0) is 37.3 Å². The third-order valence-corrected chi connectivity index (χ3v) is 8.06. The molecule has 10 heteroatoms. The Morgan fingerprint density at radius 2 is 1.74 bits per heavy atom. The molecule has 3 aliphatic rings. The molecule has 2 saturated heterocycles. The smallest absolute Gasteiger partial charge is 0.333 e. The van der Waals surface area contributed by atoms with Gasteiger partial charge in [-0.2, -0.15) is 0 Å². The summed E-state index contributed by atoms with van der Waals surface area (Å²) < 4.78 is 25.5. The third kappa shape index (κ3) is 7.60. The van der Waals surface area contributed by atoms with Crippen molar-refractivity contribution in [1.29, 1.82) is 0 Å². The van der Waals surface area contributed by atoms with E-state index in [1.807, 2.05) is 6.07 Å². The van der Waals surface area contributed by atoms with E-state index in [0.717, 1.165) is 77.0 Å². The summed E-state index contributed by atoms with van der Waals surface area (Å²) in [5.41, 5.74) is 3.74. The van der Waals surface area contributed by atoms with Crippen molar-refractivity contribution in [3.05, 3.63) is 65.2 Å². The summed E-state index contributed by atoms with van der Waals surface area (Å²) in [4.78, 5) is 24.0. The summed E-state index contributed by atoms with van der Waals surface area (Å²) >= 11 is 0. The highest BCUT2D eigenvalue weighted by Gasteiger charge is 2.48. The molecule has 5 rings (SSSR count). The van der Waals surface area contributed by atoms with E-state index in [0.29, 0.717) is 6.04 Å². The van der Waals surface area contributed by atoms with Gasteiger partial charge in [0.05, 0.1) is 18.2 Å². The van der Waals surface area contributed by atoms with Crippen LogP contribution in [0.5, 0.6) is 0 Å². The zero-order valence-electron chi connectivity index (χ0n) is 22.0. The maximum absolute atomic E-state index is 13.6. The number of hydrogen-bond donors (Lipinski definition) is 4. The predicted octanol–water partition coefficient (Wildman–Crippen LogP) is 2.87. The Balaban J connectivity index is 0.000000340. The number of rotatable bonds is 8. The van der Waals surface area contributed by atoms with Crippen LogP contribution in [0.2, 0.25) is 0 Å². The largest absolute Gasteiger partial charge is 0.481 e. The average Bonchev–Trinajstić information content (AvgIpc) is 3.32. The number of aliphatic carboxylic acids is 2. The van der Waals surface area contributed by atoms with E-state index in [-0.39, 0.29) is 16.8 Å². The first kappa shape index (κ1) is 29.1. The van der Waals surface area contributed by atoms with Gasteiger partial charge in [0.2, 0.25) is 0 Å². The molecule has 0 radical (unpaired) electrons. The number of aromatic nitrogens is 1. The molecule has 2 atom stereocenters. The van der Waals surface area contributed by atoms with Crippen LogP contribution >= 0.6 is 0 Å². The Labute approximate surface area is 227 Å². The molecule has 9 nitrogen and oxygen atoms in total. The Hall–Kier alpha value is -2.92. The monoisotopic (exact) mass is 544 g/mol. The quantitative estimate of drug-likeness (QED) is 0.395. The second-order valence-corrected chi connectivity index (χ2v) is 10.7. The second-order valence-electron chi connectivity index (χ2n) is 10.7. The number of ether oxygens (including phenoxy) is 2.